The highest BCUT2D eigenvalue weighted by atomic mass is 32.2. The monoisotopic (exact) mass is 638 g/mol. The number of hydrogen-bond donors (Lipinski definition) is 0. The van der Waals surface area contributed by atoms with Crippen LogP contribution in [0.3, 0.4) is 0 Å². The number of unbranched alkanes of at least 4 members (excludes halogenated alkanes) is 2. The Morgan fingerprint density at radius 2 is 1.27 bits per heavy atom. The first-order chi connectivity index (χ1) is 21.3. The fraction of sp³-hybridized carbons (Fsp3) is 0.475. The third-order valence-corrected chi connectivity index (χ3v) is 7.39. The summed E-state index contributed by atoms with van der Waals surface area (Å²) in [6.45, 7) is 17.9. The zero-order valence-electron chi connectivity index (χ0n) is 28.3. The molecule has 1 atom stereocenters. The third-order valence-electron chi connectivity index (χ3n) is 6.36. The molecule has 0 aliphatic carbocycles. The van der Waals surface area contributed by atoms with E-state index in [1.807, 2.05) is 6.26 Å². The van der Waals surface area contributed by atoms with Gasteiger partial charge in [-0.3, -0.25) is 0 Å². The van der Waals surface area contributed by atoms with Gasteiger partial charge in [0.15, 0.2) is 12.4 Å². The lowest BCUT2D eigenvalue weighted by Crippen LogP contribution is -2.13. The molecule has 1 aliphatic rings. The van der Waals surface area contributed by atoms with Crippen molar-refractivity contribution < 1.29 is 14.2 Å². The maximum atomic E-state index is 6.54. The highest BCUT2D eigenvalue weighted by Crippen LogP contribution is 2.36. The normalized spacial score (nSPS) is 13.6. The van der Waals surface area contributed by atoms with Crippen LogP contribution in [-0.4, -0.2) is 23.9 Å². The molecule has 0 radical (unpaired) electrons. The van der Waals surface area contributed by atoms with Gasteiger partial charge in [-0.05, 0) is 114 Å². The molecule has 3 nitrogen and oxygen atoms in total. The van der Waals surface area contributed by atoms with E-state index in [-0.39, 0.29) is 10.8 Å². The van der Waals surface area contributed by atoms with Gasteiger partial charge in [0.2, 0.25) is 4.38 Å². The third kappa shape index (κ3) is 11.9. The molecule has 45 heavy (non-hydrogen) atoms. The summed E-state index contributed by atoms with van der Waals surface area (Å²) in [6, 6.07) is 10.4. The molecule has 1 fully saturated rings. The van der Waals surface area contributed by atoms with Gasteiger partial charge in [-0.15, -0.1) is 0 Å². The lowest BCUT2D eigenvalue weighted by molar-refractivity contribution is -0.0444. The highest BCUT2D eigenvalue weighted by molar-refractivity contribution is 8.22. The maximum absolute atomic E-state index is 6.54. The Morgan fingerprint density at radius 3 is 1.69 bits per heavy atom. The smallest absolute Gasteiger partial charge is 0.220 e. The molecule has 0 aromatic heterocycles. The van der Waals surface area contributed by atoms with Crippen LogP contribution in [0.15, 0.2) is 30.3 Å². The second kappa shape index (κ2) is 17.0. The second-order valence-corrected chi connectivity index (χ2v) is 14.4. The standard InChI is InChI=1S/C40H46O3S2/c1-10-12-14-16-29-24-30(17-15-13-11-2)26-33(25-29)36(43-38(44)45-9)34-27-31(18-20-39(3,4)5)35(37-41-22-23-42-37)32(28-34)19-21-40(6,7)8/h24-28,36-37H,10-13,22-23H2,1-9H3. The molecule has 0 spiro atoms. The van der Waals surface area contributed by atoms with Crippen LogP contribution in [0.4, 0.5) is 0 Å². The van der Waals surface area contributed by atoms with E-state index < -0.39 is 12.4 Å². The molecule has 5 heteroatoms. The lowest BCUT2D eigenvalue weighted by Gasteiger charge is -2.23. The SMILES string of the molecule is CCCC#Cc1cc(C#CCCC)cc(C(OC(=S)SC)c2cc(C#CC(C)(C)C)c(C3OCCO3)c(C#CC(C)(C)C)c2)c1. The number of thioether (sulfide) groups is 1. The number of thiocarbonyl (C=S) groups is 1. The Kier molecular flexibility index (Phi) is 13.7. The van der Waals surface area contributed by atoms with Crippen molar-refractivity contribution in [2.45, 2.75) is 93.5 Å². The summed E-state index contributed by atoms with van der Waals surface area (Å²) in [7, 11) is 0. The van der Waals surface area contributed by atoms with Gasteiger partial charge in [0.05, 0.1) is 13.2 Å². The van der Waals surface area contributed by atoms with E-state index in [1.165, 1.54) is 11.8 Å². The average Bonchev–Trinajstić information content (AvgIpc) is 3.51. The Hall–Kier alpha value is -3.16. The quantitative estimate of drug-likeness (QED) is 0.232. The number of ether oxygens (including phenoxy) is 3. The van der Waals surface area contributed by atoms with Crippen LogP contribution in [0.5, 0.6) is 0 Å². The molecule has 1 heterocycles. The molecule has 0 N–H and O–H groups in total. The van der Waals surface area contributed by atoms with Crippen LogP contribution < -0.4 is 0 Å². The molecular weight excluding hydrogens is 593 g/mol. The Morgan fingerprint density at radius 1 is 0.800 bits per heavy atom. The minimum Gasteiger partial charge on any atom is -0.465 e. The van der Waals surface area contributed by atoms with Crippen LogP contribution >= 0.6 is 24.0 Å². The minimum atomic E-state index is -0.545. The second-order valence-electron chi connectivity index (χ2n) is 13.0. The largest absolute Gasteiger partial charge is 0.465 e. The van der Waals surface area contributed by atoms with Crippen molar-refractivity contribution in [1.29, 1.82) is 0 Å². The van der Waals surface area contributed by atoms with Crippen LogP contribution in [0.2, 0.25) is 0 Å². The van der Waals surface area contributed by atoms with Crippen molar-refractivity contribution in [3.8, 4) is 47.4 Å². The van der Waals surface area contributed by atoms with Crippen molar-refractivity contribution in [2.75, 3.05) is 19.5 Å². The van der Waals surface area contributed by atoms with E-state index in [4.69, 9.17) is 26.4 Å². The predicted molar refractivity (Wildman–Crippen MR) is 193 cm³/mol. The zero-order chi connectivity index (χ0) is 33.0. The van der Waals surface area contributed by atoms with E-state index in [2.05, 4.69) is 133 Å². The van der Waals surface area contributed by atoms with Gasteiger partial charge in [0.1, 0.15) is 0 Å². The molecule has 2 aromatic rings. The Balaban J connectivity index is 2.38. The molecule has 0 saturated carbocycles. The van der Waals surface area contributed by atoms with Crippen molar-refractivity contribution in [3.05, 3.63) is 69.3 Å². The predicted octanol–water partition coefficient (Wildman–Crippen LogP) is 9.58. The van der Waals surface area contributed by atoms with E-state index in [0.717, 1.165) is 64.6 Å². The number of hydrogen-bond acceptors (Lipinski definition) is 5. The molecule has 0 amide bonds. The molecule has 0 bridgehead atoms. The summed E-state index contributed by atoms with van der Waals surface area (Å²) in [6.07, 6.45) is 4.51. The Labute approximate surface area is 282 Å². The maximum Gasteiger partial charge on any atom is 0.220 e. The van der Waals surface area contributed by atoms with Gasteiger partial charge in [-0.2, -0.15) is 0 Å². The topological polar surface area (TPSA) is 27.7 Å². The summed E-state index contributed by atoms with van der Waals surface area (Å²) >= 11 is 7.04. The van der Waals surface area contributed by atoms with Crippen LogP contribution in [0.1, 0.15) is 132 Å². The molecule has 1 aliphatic heterocycles. The van der Waals surface area contributed by atoms with Crippen molar-refractivity contribution in [1.82, 2.24) is 0 Å². The molecular formula is C40H46O3S2. The van der Waals surface area contributed by atoms with E-state index >= 15 is 0 Å². The van der Waals surface area contributed by atoms with E-state index in [9.17, 15) is 0 Å². The fourth-order valence-electron chi connectivity index (χ4n) is 4.32. The molecule has 2 aromatic carbocycles. The van der Waals surface area contributed by atoms with E-state index in [0.29, 0.717) is 17.6 Å². The minimum absolute atomic E-state index is 0.213. The van der Waals surface area contributed by atoms with Crippen molar-refractivity contribution in [3.63, 3.8) is 0 Å². The summed E-state index contributed by atoms with van der Waals surface area (Å²) in [4.78, 5) is 0. The summed E-state index contributed by atoms with van der Waals surface area (Å²) < 4.78 is 19.0. The van der Waals surface area contributed by atoms with Gasteiger partial charge < -0.3 is 14.2 Å². The highest BCUT2D eigenvalue weighted by Gasteiger charge is 2.28. The number of benzene rings is 2. The Bertz CT molecular complexity index is 1510. The van der Waals surface area contributed by atoms with Gasteiger partial charge in [-0.25, -0.2) is 0 Å². The first kappa shape index (κ1) is 36.3. The van der Waals surface area contributed by atoms with Gasteiger partial charge in [0.25, 0.3) is 0 Å². The lowest BCUT2D eigenvalue weighted by atomic mass is 9.89. The van der Waals surface area contributed by atoms with Crippen LogP contribution in [0.25, 0.3) is 0 Å². The first-order valence-corrected chi connectivity index (χ1v) is 17.3. The average molecular weight is 639 g/mol. The van der Waals surface area contributed by atoms with Crippen molar-refractivity contribution >= 4 is 28.4 Å². The van der Waals surface area contributed by atoms with Crippen LogP contribution in [0, 0.1) is 58.2 Å². The summed E-state index contributed by atoms with van der Waals surface area (Å²) in [5.41, 5.74) is 5.63. The van der Waals surface area contributed by atoms with Crippen molar-refractivity contribution in [2.24, 2.45) is 10.8 Å². The molecule has 3 rings (SSSR count). The summed E-state index contributed by atoms with van der Waals surface area (Å²) in [5.74, 6) is 27.0. The van der Waals surface area contributed by atoms with E-state index in [1.54, 1.807) is 0 Å². The van der Waals surface area contributed by atoms with Gasteiger partial charge in [0, 0.05) is 51.5 Å². The van der Waals surface area contributed by atoms with Gasteiger partial charge in [-0.1, -0.05) is 73.0 Å². The van der Waals surface area contributed by atoms with Gasteiger partial charge >= 0.3 is 0 Å². The van der Waals surface area contributed by atoms with Crippen LogP contribution in [-0.2, 0) is 14.2 Å². The zero-order valence-corrected chi connectivity index (χ0v) is 30.0. The fourth-order valence-corrected chi connectivity index (χ4v) is 4.61. The molecule has 236 valence electrons. The molecule has 1 saturated heterocycles. The summed E-state index contributed by atoms with van der Waals surface area (Å²) in [5, 5.41) is 0. The number of rotatable bonds is 6. The molecule has 1 unspecified atom stereocenters. The first-order valence-electron chi connectivity index (χ1n) is 15.7.